The van der Waals surface area contributed by atoms with Crippen LogP contribution in [0.3, 0.4) is 0 Å². The van der Waals surface area contributed by atoms with Crippen molar-refractivity contribution in [2.45, 2.75) is 33.7 Å². The summed E-state index contributed by atoms with van der Waals surface area (Å²) in [5, 5.41) is 0. The van der Waals surface area contributed by atoms with E-state index in [0.717, 1.165) is 6.54 Å². The van der Waals surface area contributed by atoms with E-state index in [4.69, 9.17) is 12.2 Å². The number of hydrogen-bond donors (Lipinski definition) is 0. The van der Waals surface area contributed by atoms with Gasteiger partial charge in [0.2, 0.25) is 0 Å². The summed E-state index contributed by atoms with van der Waals surface area (Å²) in [5.41, 5.74) is 1.75. The number of nitrogens with zero attached hydrogens (tertiary/aromatic N) is 1. The largest absolute Gasteiger partial charge is 0.366 e. The maximum atomic E-state index is 4.87. The quantitative estimate of drug-likeness (QED) is 0.579. The molecule has 0 saturated carbocycles. The molecule has 60 valence electrons. The molecule has 0 aliphatic rings. The molecule has 0 amide bonds. The molecule has 0 N–H and O–H groups in total. The lowest BCUT2D eigenvalue weighted by atomic mass is 10.1. The van der Waals surface area contributed by atoms with Crippen molar-refractivity contribution in [3.8, 4) is 0 Å². The van der Waals surface area contributed by atoms with Crippen molar-refractivity contribution in [3.05, 3.63) is 0 Å². The minimum Gasteiger partial charge on any atom is -0.366 e. The summed E-state index contributed by atoms with van der Waals surface area (Å²) >= 11 is 4.87. The second-order valence-electron chi connectivity index (χ2n) is 2.92. The maximum absolute atomic E-state index is 4.87. The van der Waals surface area contributed by atoms with Crippen molar-refractivity contribution in [2.75, 3.05) is 6.54 Å². The second kappa shape index (κ2) is 4.67. The van der Waals surface area contributed by atoms with Gasteiger partial charge in [0.05, 0.1) is 5.49 Å². The highest BCUT2D eigenvalue weighted by atomic mass is 32.1. The fraction of sp³-hybridized carbons (Fsp3) is 0.875. The number of hydrogen-bond acceptors (Lipinski definition) is 1. The first-order valence-electron chi connectivity index (χ1n) is 3.84. The van der Waals surface area contributed by atoms with Crippen molar-refractivity contribution in [1.29, 1.82) is 0 Å². The first kappa shape index (κ1) is 9.89. The van der Waals surface area contributed by atoms with E-state index in [1.54, 1.807) is 5.49 Å². The van der Waals surface area contributed by atoms with Gasteiger partial charge in [-0.1, -0.05) is 26.1 Å². The Morgan fingerprint density at radius 1 is 1.40 bits per heavy atom. The minimum absolute atomic E-state index is 0.572. The Morgan fingerprint density at radius 3 is 2.00 bits per heavy atom. The number of thiocarbonyl (C=S) groups is 1. The molecule has 1 unspecified atom stereocenters. The van der Waals surface area contributed by atoms with E-state index in [1.807, 2.05) is 0 Å². The van der Waals surface area contributed by atoms with Crippen molar-refractivity contribution < 1.29 is 0 Å². The molecule has 0 aliphatic heterocycles. The normalized spacial score (nSPS) is 13.3. The van der Waals surface area contributed by atoms with Gasteiger partial charge in [0.25, 0.3) is 0 Å². The highest BCUT2D eigenvalue weighted by molar-refractivity contribution is 7.78. The zero-order chi connectivity index (χ0) is 8.15. The topological polar surface area (TPSA) is 3.24 Å². The van der Waals surface area contributed by atoms with Gasteiger partial charge in [-0.2, -0.15) is 0 Å². The average Bonchev–Trinajstić information content (AvgIpc) is 1.90. The summed E-state index contributed by atoms with van der Waals surface area (Å²) in [6.07, 6.45) is 0. The molecule has 0 aliphatic carbocycles. The van der Waals surface area contributed by atoms with Gasteiger partial charge in [-0.25, -0.2) is 0 Å². The molecule has 1 atom stereocenters. The summed E-state index contributed by atoms with van der Waals surface area (Å²) in [7, 11) is 0. The Labute approximate surface area is 69.4 Å². The lowest BCUT2D eigenvalue weighted by Gasteiger charge is -2.28. The van der Waals surface area contributed by atoms with Crippen molar-refractivity contribution >= 4 is 17.7 Å². The van der Waals surface area contributed by atoms with Crippen LogP contribution in [-0.2, 0) is 0 Å². The second-order valence-corrected chi connectivity index (χ2v) is 3.13. The summed E-state index contributed by atoms with van der Waals surface area (Å²) in [5.74, 6) is 0.680. The highest BCUT2D eigenvalue weighted by Gasteiger charge is 2.10. The van der Waals surface area contributed by atoms with Crippen molar-refractivity contribution in [3.63, 3.8) is 0 Å². The molecule has 0 spiro atoms. The van der Waals surface area contributed by atoms with Crippen LogP contribution in [-0.4, -0.2) is 23.0 Å². The van der Waals surface area contributed by atoms with Crippen LogP contribution in [0.25, 0.3) is 0 Å². The molecule has 0 heterocycles. The van der Waals surface area contributed by atoms with Crippen LogP contribution < -0.4 is 0 Å². The van der Waals surface area contributed by atoms with Gasteiger partial charge < -0.3 is 4.90 Å². The van der Waals surface area contributed by atoms with E-state index in [-0.39, 0.29) is 0 Å². The molecule has 0 bridgehead atoms. The van der Waals surface area contributed by atoms with Crippen LogP contribution in [0.2, 0.25) is 0 Å². The Kier molecular flexibility index (Phi) is 4.62. The van der Waals surface area contributed by atoms with E-state index in [1.165, 1.54) is 0 Å². The number of rotatable bonds is 4. The van der Waals surface area contributed by atoms with E-state index >= 15 is 0 Å². The fourth-order valence-electron chi connectivity index (χ4n) is 0.841. The van der Waals surface area contributed by atoms with Crippen LogP contribution in [0, 0.1) is 5.92 Å². The van der Waals surface area contributed by atoms with E-state index < -0.39 is 0 Å². The van der Waals surface area contributed by atoms with Gasteiger partial charge in [0.15, 0.2) is 0 Å². The molecule has 2 heteroatoms. The molecular formula is C8H17NS. The Bertz CT molecular complexity index is 101. The fourth-order valence-corrected chi connectivity index (χ4v) is 1.18. The SMILES string of the molecule is CCN(C=S)C(C)C(C)C. The maximum Gasteiger partial charge on any atom is 0.0643 e. The van der Waals surface area contributed by atoms with Gasteiger partial charge >= 0.3 is 0 Å². The van der Waals surface area contributed by atoms with Gasteiger partial charge in [-0.05, 0) is 19.8 Å². The predicted molar refractivity (Wildman–Crippen MR) is 50.3 cm³/mol. The van der Waals surface area contributed by atoms with E-state index in [9.17, 15) is 0 Å². The molecule has 10 heavy (non-hydrogen) atoms. The van der Waals surface area contributed by atoms with E-state index in [2.05, 4.69) is 32.6 Å². The smallest absolute Gasteiger partial charge is 0.0643 e. The molecule has 0 saturated heterocycles. The first-order chi connectivity index (χ1) is 4.63. The van der Waals surface area contributed by atoms with Gasteiger partial charge in [0, 0.05) is 12.6 Å². The summed E-state index contributed by atoms with van der Waals surface area (Å²) in [6.45, 7) is 9.78. The third-order valence-corrected chi connectivity index (χ3v) is 2.26. The molecule has 0 aromatic carbocycles. The Balaban J connectivity index is 3.87. The molecule has 0 aromatic rings. The van der Waals surface area contributed by atoms with Gasteiger partial charge in [-0.3, -0.25) is 0 Å². The van der Waals surface area contributed by atoms with Gasteiger partial charge in [0.1, 0.15) is 0 Å². The molecule has 1 nitrogen and oxygen atoms in total. The molecule has 0 fully saturated rings. The molecule has 0 radical (unpaired) electrons. The summed E-state index contributed by atoms with van der Waals surface area (Å²) < 4.78 is 0. The lowest BCUT2D eigenvalue weighted by molar-refractivity contribution is 0.288. The van der Waals surface area contributed by atoms with E-state index in [0.29, 0.717) is 12.0 Å². The minimum atomic E-state index is 0.572. The van der Waals surface area contributed by atoms with Crippen LogP contribution >= 0.6 is 12.2 Å². The van der Waals surface area contributed by atoms with Crippen LogP contribution in [0.1, 0.15) is 27.7 Å². The molecular weight excluding hydrogens is 142 g/mol. The lowest BCUT2D eigenvalue weighted by Crippen LogP contribution is -2.34. The Hall–Kier alpha value is -0.110. The molecule has 0 rings (SSSR count). The zero-order valence-electron chi connectivity index (χ0n) is 7.29. The van der Waals surface area contributed by atoms with Crippen molar-refractivity contribution in [2.24, 2.45) is 5.92 Å². The predicted octanol–water partition coefficient (Wildman–Crippen LogP) is 2.31. The highest BCUT2D eigenvalue weighted by Crippen LogP contribution is 2.07. The third-order valence-electron chi connectivity index (χ3n) is 1.99. The summed E-state index contributed by atoms with van der Waals surface area (Å²) in [6, 6.07) is 0.572. The zero-order valence-corrected chi connectivity index (χ0v) is 8.11. The van der Waals surface area contributed by atoms with Crippen LogP contribution in [0.15, 0.2) is 0 Å². The molecule has 0 aromatic heterocycles. The van der Waals surface area contributed by atoms with Crippen LogP contribution in [0.4, 0.5) is 0 Å². The monoisotopic (exact) mass is 159 g/mol. The summed E-state index contributed by atoms with van der Waals surface area (Å²) in [4.78, 5) is 2.18. The first-order valence-corrected chi connectivity index (χ1v) is 4.31. The standard InChI is InChI=1S/C8H17NS/c1-5-9(6-10)8(4)7(2)3/h6-8H,5H2,1-4H3. The Morgan fingerprint density at radius 2 is 1.90 bits per heavy atom. The van der Waals surface area contributed by atoms with Crippen molar-refractivity contribution in [1.82, 2.24) is 4.90 Å². The van der Waals surface area contributed by atoms with Crippen LogP contribution in [0.5, 0.6) is 0 Å². The average molecular weight is 159 g/mol. The third kappa shape index (κ3) is 2.65. The van der Waals surface area contributed by atoms with Gasteiger partial charge in [-0.15, -0.1) is 0 Å².